The van der Waals surface area contributed by atoms with E-state index in [0.717, 1.165) is 30.2 Å². The summed E-state index contributed by atoms with van der Waals surface area (Å²) in [6.45, 7) is 1.72. The van der Waals surface area contributed by atoms with Gasteiger partial charge in [0.25, 0.3) is 0 Å². The molecule has 6 heteroatoms. The third kappa shape index (κ3) is 2.59. The number of hydrogen-bond acceptors (Lipinski definition) is 4. The SMILES string of the molecule is c1ccc(-n2ncc(NCc3cc4n(n3)CCCC4)n2)cc1. The quantitative estimate of drug-likeness (QED) is 0.802. The first-order chi connectivity index (χ1) is 10.9. The first kappa shape index (κ1) is 13.1. The van der Waals surface area contributed by atoms with Crippen LogP contribution in [-0.4, -0.2) is 24.8 Å². The Hall–Kier alpha value is -2.63. The molecule has 22 heavy (non-hydrogen) atoms. The summed E-state index contributed by atoms with van der Waals surface area (Å²) in [6, 6.07) is 12.1. The van der Waals surface area contributed by atoms with Gasteiger partial charge in [0.15, 0.2) is 5.82 Å². The molecule has 0 aliphatic carbocycles. The standard InChI is InChI=1S/C16H18N6/c1-2-6-14(7-3-1)22-18-12-16(20-22)17-11-13-10-15-8-4-5-9-21(15)19-13/h1-3,6-7,10,12H,4-5,8-9,11H2,(H,17,20). The Labute approximate surface area is 128 Å². The molecule has 0 atom stereocenters. The number of aromatic nitrogens is 5. The maximum atomic E-state index is 4.63. The molecule has 6 nitrogen and oxygen atoms in total. The molecule has 0 radical (unpaired) electrons. The fourth-order valence-corrected chi connectivity index (χ4v) is 2.77. The molecule has 2 aromatic heterocycles. The van der Waals surface area contributed by atoms with E-state index in [1.54, 1.807) is 11.0 Å². The minimum Gasteiger partial charge on any atom is -0.362 e. The van der Waals surface area contributed by atoms with Gasteiger partial charge >= 0.3 is 0 Å². The van der Waals surface area contributed by atoms with Crippen molar-refractivity contribution in [2.45, 2.75) is 32.4 Å². The summed E-state index contributed by atoms with van der Waals surface area (Å²) >= 11 is 0. The molecule has 0 fully saturated rings. The van der Waals surface area contributed by atoms with Crippen LogP contribution >= 0.6 is 0 Å². The van der Waals surface area contributed by atoms with Crippen LogP contribution in [0.1, 0.15) is 24.2 Å². The van der Waals surface area contributed by atoms with Gasteiger partial charge in [0.1, 0.15) is 0 Å². The summed E-state index contributed by atoms with van der Waals surface area (Å²) < 4.78 is 2.13. The van der Waals surface area contributed by atoms with E-state index in [-0.39, 0.29) is 0 Å². The second-order valence-corrected chi connectivity index (χ2v) is 5.52. The molecule has 4 rings (SSSR count). The first-order valence-electron chi connectivity index (χ1n) is 7.66. The predicted octanol–water partition coefficient (Wildman–Crippen LogP) is 2.41. The monoisotopic (exact) mass is 294 g/mol. The zero-order valence-electron chi connectivity index (χ0n) is 12.3. The van der Waals surface area contributed by atoms with Crippen molar-refractivity contribution in [2.24, 2.45) is 0 Å². The van der Waals surface area contributed by atoms with E-state index in [9.17, 15) is 0 Å². The van der Waals surface area contributed by atoms with Crippen molar-refractivity contribution in [3.8, 4) is 5.69 Å². The Balaban J connectivity index is 1.44. The van der Waals surface area contributed by atoms with Crippen LogP contribution in [-0.2, 0) is 19.5 Å². The van der Waals surface area contributed by atoms with E-state index in [1.807, 2.05) is 30.3 Å². The van der Waals surface area contributed by atoms with Crippen molar-refractivity contribution in [3.05, 3.63) is 54.0 Å². The highest BCUT2D eigenvalue weighted by Gasteiger charge is 2.12. The maximum absolute atomic E-state index is 4.63. The van der Waals surface area contributed by atoms with E-state index in [4.69, 9.17) is 0 Å². The Morgan fingerprint density at radius 1 is 1.09 bits per heavy atom. The second kappa shape index (κ2) is 5.63. The van der Waals surface area contributed by atoms with E-state index in [0.29, 0.717) is 6.54 Å². The van der Waals surface area contributed by atoms with Gasteiger partial charge in [-0.05, 0) is 37.5 Å². The second-order valence-electron chi connectivity index (χ2n) is 5.52. The van der Waals surface area contributed by atoms with Gasteiger partial charge in [-0.15, -0.1) is 9.90 Å². The van der Waals surface area contributed by atoms with Crippen LogP contribution in [0.4, 0.5) is 5.82 Å². The lowest BCUT2D eigenvalue weighted by molar-refractivity contribution is 0.484. The highest BCUT2D eigenvalue weighted by Crippen LogP contribution is 2.16. The van der Waals surface area contributed by atoms with E-state index in [1.165, 1.54) is 18.5 Å². The molecule has 0 amide bonds. The van der Waals surface area contributed by atoms with Crippen LogP contribution in [0, 0.1) is 0 Å². The third-order valence-electron chi connectivity index (χ3n) is 3.90. The normalized spacial score (nSPS) is 13.8. The maximum Gasteiger partial charge on any atom is 0.169 e. The number of hydrogen-bond donors (Lipinski definition) is 1. The van der Waals surface area contributed by atoms with Crippen molar-refractivity contribution in [2.75, 3.05) is 5.32 Å². The fraction of sp³-hybridized carbons (Fsp3) is 0.312. The smallest absolute Gasteiger partial charge is 0.169 e. The number of fused-ring (bicyclic) bond motifs is 1. The van der Waals surface area contributed by atoms with Gasteiger partial charge in [0.2, 0.25) is 0 Å². The Bertz CT molecular complexity index is 735. The van der Waals surface area contributed by atoms with E-state index >= 15 is 0 Å². The van der Waals surface area contributed by atoms with Crippen molar-refractivity contribution in [3.63, 3.8) is 0 Å². The molecular weight excluding hydrogens is 276 g/mol. The number of para-hydroxylation sites is 1. The Morgan fingerprint density at radius 2 is 2.00 bits per heavy atom. The van der Waals surface area contributed by atoms with Crippen LogP contribution in [0.3, 0.4) is 0 Å². The number of nitrogens with one attached hydrogen (secondary N) is 1. The molecule has 3 heterocycles. The third-order valence-corrected chi connectivity index (χ3v) is 3.90. The molecule has 1 aliphatic heterocycles. The molecule has 0 saturated carbocycles. The van der Waals surface area contributed by atoms with Gasteiger partial charge in [-0.25, -0.2) is 0 Å². The van der Waals surface area contributed by atoms with Gasteiger partial charge < -0.3 is 5.32 Å². The van der Waals surface area contributed by atoms with Crippen LogP contribution in [0.25, 0.3) is 5.69 Å². The van der Waals surface area contributed by atoms with E-state index < -0.39 is 0 Å². The van der Waals surface area contributed by atoms with Gasteiger partial charge in [-0.3, -0.25) is 4.68 Å². The van der Waals surface area contributed by atoms with Crippen LogP contribution in [0.15, 0.2) is 42.6 Å². The van der Waals surface area contributed by atoms with Gasteiger partial charge in [-0.2, -0.15) is 10.2 Å². The Morgan fingerprint density at radius 3 is 2.86 bits per heavy atom. The summed E-state index contributed by atoms with van der Waals surface area (Å²) in [4.78, 5) is 1.63. The number of aryl methyl sites for hydroxylation is 2. The number of benzene rings is 1. The summed E-state index contributed by atoms with van der Waals surface area (Å²) in [5.74, 6) is 0.759. The van der Waals surface area contributed by atoms with Crippen molar-refractivity contribution < 1.29 is 0 Å². The average molecular weight is 294 g/mol. The zero-order chi connectivity index (χ0) is 14.8. The van der Waals surface area contributed by atoms with Crippen LogP contribution < -0.4 is 5.32 Å². The lowest BCUT2D eigenvalue weighted by Gasteiger charge is -2.11. The molecule has 0 saturated heterocycles. The lowest BCUT2D eigenvalue weighted by atomic mass is 10.1. The minimum atomic E-state index is 0.674. The topological polar surface area (TPSA) is 60.6 Å². The summed E-state index contributed by atoms with van der Waals surface area (Å²) in [5, 5.41) is 16.6. The van der Waals surface area contributed by atoms with Gasteiger partial charge in [0, 0.05) is 12.2 Å². The number of nitrogens with zero attached hydrogens (tertiary/aromatic N) is 5. The molecule has 0 bridgehead atoms. The van der Waals surface area contributed by atoms with Crippen molar-refractivity contribution in [1.82, 2.24) is 24.8 Å². The predicted molar refractivity (Wildman–Crippen MR) is 83.9 cm³/mol. The van der Waals surface area contributed by atoms with Crippen LogP contribution in [0.5, 0.6) is 0 Å². The summed E-state index contributed by atoms with van der Waals surface area (Å²) in [5.41, 5.74) is 3.36. The summed E-state index contributed by atoms with van der Waals surface area (Å²) in [6.07, 6.45) is 5.37. The molecular formula is C16H18N6. The largest absolute Gasteiger partial charge is 0.362 e. The molecule has 3 aromatic rings. The first-order valence-corrected chi connectivity index (χ1v) is 7.66. The highest BCUT2D eigenvalue weighted by atomic mass is 15.5. The zero-order valence-corrected chi connectivity index (χ0v) is 12.3. The lowest BCUT2D eigenvalue weighted by Crippen LogP contribution is -2.11. The van der Waals surface area contributed by atoms with Gasteiger partial charge in [-0.1, -0.05) is 18.2 Å². The fourth-order valence-electron chi connectivity index (χ4n) is 2.77. The molecule has 0 unspecified atom stereocenters. The molecule has 112 valence electrons. The summed E-state index contributed by atoms with van der Waals surface area (Å²) in [7, 11) is 0. The van der Waals surface area contributed by atoms with Gasteiger partial charge in [0.05, 0.1) is 24.1 Å². The van der Waals surface area contributed by atoms with Crippen molar-refractivity contribution in [1.29, 1.82) is 0 Å². The van der Waals surface area contributed by atoms with Crippen LogP contribution in [0.2, 0.25) is 0 Å². The molecule has 0 spiro atoms. The number of rotatable bonds is 4. The molecule has 1 aliphatic rings. The van der Waals surface area contributed by atoms with Crippen molar-refractivity contribution >= 4 is 5.82 Å². The highest BCUT2D eigenvalue weighted by molar-refractivity contribution is 5.34. The molecule has 1 N–H and O–H groups in total. The minimum absolute atomic E-state index is 0.674. The molecule has 1 aromatic carbocycles. The average Bonchev–Trinajstić information content (AvgIpc) is 3.20. The number of anilines is 1. The Kier molecular flexibility index (Phi) is 3.34. The van der Waals surface area contributed by atoms with E-state index in [2.05, 4.69) is 31.4 Å².